The highest BCUT2D eigenvalue weighted by atomic mass is 16.1. The van der Waals surface area contributed by atoms with Gasteiger partial charge in [0.05, 0.1) is 0 Å². The monoisotopic (exact) mass is 209 g/mol. The molecule has 1 aliphatic heterocycles. The lowest BCUT2D eigenvalue weighted by molar-refractivity contribution is -0.121. The lowest BCUT2D eigenvalue weighted by Gasteiger charge is -2.20. The highest BCUT2D eigenvalue weighted by molar-refractivity contribution is 5.83. The van der Waals surface area contributed by atoms with Gasteiger partial charge in [-0.15, -0.1) is 0 Å². The first kappa shape index (κ1) is 11.1. The van der Waals surface area contributed by atoms with Gasteiger partial charge < -0.3 is 4.90 Å². The van der Waals surface area contributed by atoms with E-state index >= 15 is 0 Å². The first-order valence-corrected chi connectivity index (χ1v) is 6.42. The minimum Gasteiger partial charge on any atom is -0.302 e. The maximum Gasteiger partial charge on any atom is 0.137 e. The largest absolute Gasteiger partial charge is 0.302 e. The molecule has 86 valence electrons. The van der Waals surface area contributed by atoms with Gasteiger partial charge in [0.2, 0.25) is 0 Å². The summed E-state index contributed by atoms with van der Waals surface area (Å²) >= 11 is 0. The molecule has 1 saturated carbocycles. The SMILES string of the molecule is CC(C)C1CCN(CC2CCCC2=O)C1. The molecule has 0 radical (unpaired) electrons. The molecule has 2 aliphatic rings. The molecule has 0 amide bonds. The van der Waals surface area contributed by atoms with E-state index in [9.17, 15) is 4.79 Å². The molecular formula is C13H23NO. The molecule has 1 saturated heterocycles. The minimum atomic E-state index is 0.371. The van der Waals surface area contributed by atoms with E-state index in [1.54, 1.807) is 0 Å². The summed E-state index contributed by atoms with van der Waals surface area (Å²) in [7, 11) is 0. The van der Waals surface area contributed by atoms with E-state index in [4.69, 9.17) is 0 Å². The first-order valence-electron chi connectivity index (χ1n) is 6.42. The Hall–Kier alpha value is -0.370. The molecule has 0 aromatic carbocycles. The predicted molar refractivity (Wildman–Crippen MR) is 61.7 cm³/mol. The standard InChI is InChI=1S/C13H23NO/c1-10(2)11-6-7-14(8-11)9-12-4-3-5-13(12)15/h10-12H,3-9H2,1-2H3. The van der Waals surface area contributed by atoms with Crippen LogP contribution in [-0.2, 0) is 4.79 Å². The maximum absolute atomic E-state index is 11.6. The van der Waals surface area contributed by atoms with E-state index in [0.717, 1.165) is 37.6 Å². The normalized spacial score (nSPS) is 33.1. The quantitative estimate of drug-likeness (QED) is 0.711. The number of rotatable bonds is 3. The van der Waals surface area contributed by atoms with Crippen molar-refractivity contribution in [1.82, 2.24) is 4.90 Å². The third-order valence-corrected chi connectivity index (χ3v) is 4.16. The van der Waals surface area contributed by atoms with Crippen LogP contribution >= 0.6 is 0 Å². The van der Waals surface area contributed by atoms with Crippen molar-refractivity contribution in [3.8, 4) is 0 Å². The van der Waals surface area contributed by atoms with Crippen LogP contribution in [0.25, 0.3) is 0 Å². The van der Waals surface area contributed by atoms with Gasteiger partial charge in [-0.05, 0) is 37.6 Å². The highest BCUT2D eigenvalue weighted by Crippen LogP contribution is 2.27. The fourth-order valence-electron chi connectivity index (χ4n) is 2.97. The summed E-state index contributed by atoms with van der Waals surface area (Å²) in [5.74, 6) is 2.55. The van der Waals surface area contributed by atoms with Crippen molar-refractivity contribution < 1.29 is 4.79 Å². The van der Waals surface area contributed by atoms with Gasteiger partial charge in [0.25, 0.3) is 0 Å². The second-order valence-electron chi connectivity index (χ2n) is 5.61. The third-order valence-electron chi connectivity index (χ3n) is 4.16. The van der Waals surface area contributed by atoms with Crippen molar-refractivity contribution in [3.63, 3.8) is 0 Å². The third kappa shape index (κ3) is 2.60. The van der Waals surface area contributed by atoms with E-state index < -0.39 is 0 Å². The Labute approximate surface area is 93.0 Å². The summed E-state index contributed by atoms with van der Waals surface area (Å²) in [6.45, 7) is 8.11. The molecule has 2 rings (SSSR count). The van der Waals surface area contributed by atoms with Gasteiger partial charge >= 0.3 is 0 Å². The Morgan fingerprint density at radius 3 is 2.73 bits per heavy atom. The summed E-state index contributed by atoms with van der Waals surface area (Å²) < 4.78 is 0. The van der Waals surface area contributed by atoms with Crippen molar-refractivity contribution in [1.29, 1.82) is 0 Å². The van der Waals surface area contributed by atoms with Crippen molar-refractivity contribution in [3.05, 3.63) is 0 Å². The van der Waals surface area contributed by atoms with Crippen LogP contribution in [-0.4, -0.2) is 30.3 Å². The average molecular weight is 209 g/mol. The molecule has 15 heavy (non-hydrogen) atoms. The number of nitrogens with zero attached hydrogens (tertiary/aromatic N) is 1. The summed E-state index contributed by atoms with van der Waals surface area (Å²) in [6, 6.07) is 0. The maximum atomic E-state index is 11.6. The highest BCUT2D eigenvalue weighted by Gasteiger charge is 2.30. The lowest BCUT2D eigenvalue weighted by atomic mass is 9.95. The molecular weight excluding hydrogens is 186 g/mol. The fourth-order valence-corrected chi connectivity index (χ4v) is 2.97. The molecule has 1 heterocycles. The second-order valence-corrected chi connectivity index (χ2v) is 5.61. The van der Waals surface area contributed by atoms with Gasteiger partial charge in [-0.2, -0.15) is 0 Å². The number of hydrogen-bond donors (Lipinski definition) is 0. The van der Waals surface area contributed by atoms with Crippen LogP contribution in [0.3, 0.4) is 0 Å². The number of likely N-dealkylation sites (tertiary alicyclic amines) is 1. The van der Waals surface area contributed by atoms with Gasteiger partial charge in [0, 0.05) is 25.4 Å². The fraction of sp³-hybridized carbons (Fsp3) is 0.923. The van der Waals surface area contributed by atoms with E-state index in [1.165, 1.54) is 19.5 Å². The number of carbonyl (C=O) groups is 1. The number of hydrogen-bond acceptors (Lipinski definition) is 2. The zero-order valence-electron chi connectivity index (χ0n) is 10.0. The summed E-state index contributed by atoms with van der Waals surface area (Å²) in [5.41, 5.74) is 0. The van der Waals surface area contributed by atoms with Crippen molar-refractivity contribution >= 4 is 5.78 Å². The Morgan fingerprint density at radius 1 is 1.40 bits per heavy atom. The van der Waals surface area contributed by atoms with Gasteiger partial charge in [-0.3, -0.25) is 4.79 Å². The average Bonchev–Trinajstić information content (AvgIpc) is 2.77. The molecule has 0 N–H and O–H groups in total. The van der Waals surface area contributed by atoms with Crippen LogP contribution in [0.4, 0.5) is 0 Å². The molecule has 0 spiro atoms. The molecule has 1 aliphatic carbocycles. The minimum absolute atomic E-state index is 0.371. The Morgan fingerprint density at radius 2 is 2.20 bits per heavy atom. The lowest BCUT2D eigenvalue weighted by Crippen LogP contribution is -2.29. The number of Topliss-reactive ketones (excluding diaryl/α,β-unsaturated/α-hetero) is 1. The zero-order valence-corrected chi connectivity index (χ0v) is 10.0. The van der Waals surface area contributed by atoms with E-state index in [-0.39, 0.29) is 0 Å². The van der Waals surface area contributed by atoms with Gasteiger partial charge in [-0.25, -0.2) is 0 Å². The number of carbonyl (C=O) groups excluding carboxylic acids is 1. The Balaban J connectivity index is 1.79. The molecule has 0 aromatic rings. The summed E-state index contributed by atoms with van der Waals surface area (Å²) in [6.07, 6.45) is 4.44. The molecule has 2 atom stereocenters. The van der Waals surface area contributed by atoms with Crippen LogP contribution in [0.1, 0.15) is 39.5 Å². The van der Waals surface area contributed by atoms with Gasteiger partial charge in [-0.1, -0.05) is 13.8 Å². The molecule has 2 nitrogen and oxygen atoms in total. The smallest absolute Gasteiger partial charge is 0.137 e. The molecule has 0 aromatic heterocycles. The number of ketones is 1. The van der Waals surface area contributed by atoms with Crippen molar-refractivity contribution in [2.75, 3.05) is 19.6 Å². The van der Waals surface area contributed by atoms with Gasteiger partial charge in [0.15, 0.2) is 0 Å². The zero-order chi connectivity index (χ0) is 10.8. The second kappa shape index (κ2) is 4.65. The van der Waals surface area contributed by atoms with Crippen molar-refractivity contribution in [2.45, 2.75) is 39.5 Å². The Bertz CT molecular complexity index is 237. The predicted octanol–water partition coefficient (Wildman–Crippen LogP) is 2.33. The van der Waals surface area contributed by atoms with E-state index in [2.05, 4.69) is 18.7 Å². The van der Waals surface area contributed by atoms with Crippen LogP contribution in [0.5, 0.6) is 0 Å². The van der Waals surface area contributed by atoms with Crippen LogP contribution in [0.15, 0.2) is 0 Å². The van der Waals surface area contributed by atoms with Crippen LogP contribution < -0.4 is 0 Å². The van der Waals surface area contributed by atoms with Crippen LogP contribution in [0, 0.1) is 17.8 Å². The molecule has 0 bridgehead atoms. The molecule has 2 unspecified atom stereocenters. The molecule has 2 fully saturated rings. The van der Waals surface area contributed by atoms with Gasteiger partial charge in [0.1, 0.15) is 5.78 Å². The van der Waals surface area contributed by atoms with Crippen LogP contribution in [0.2, 0.25) is 0 Å². The first-order chi connectivity index (χ1) is 7.16. The summed E-state index contributed by atoms with van der Waals surface area (Å²) in [4.78, 5) is 14.1. The Kier molecular flexibility index (Phi) is 3.45. The van der Waals surface area contributed by atoms with Crippen molar-refractivity contribution in [2.24, 2.45) is 17.8 Å². The summed E-state index contributed by atoms with van der Waals surface area (Å²) in [5, 5.41) is 0. The topological polar surface area (TPSA) is 20.3 Å². The molecule has 2 heteroatoms. The van der Waals surface area contributed by atoms with E-state index in [0.29, 0.717) is 11.7 Å². The van der Waals surface area contributed by atoms with E-state index in [1.807, 2.05) is 0 Å².